The maximum atomic E-state index is 10.4. The number of hydrogen-bond donors (Lipinski definition) is 1. The zero-order chi connectivity index (χ0) is 13.8. The number of hydrogen-bond acceptors (Lipinski definition) is 3. The number of ether oxygens (including phenoxy) is 1. The van der Waals surface area contributed by atoms with Gasteiger partial charge in [-0.05, 0) is 30.9 Å². The van der Waals surface area contributed by atoms with Gasteiger partial charge in [0.25, 0.3) is 0 Å². The summed E-state index contributed by atoms with van der Waals surface area (Å²) in [6.45, 7) is 11.1. The van der Waals surface area contributed by atoms with E-state index >= 15 is 0 Å². The van der Waals surface area contributed by atoms with Gasteiger partial charge in [0, 0.05) is 22.8 Å². The molecule has 2 nitrogen and oxygen atoms in total. The quantitative estimate of drug-likeness (QED) is 0.854. The number of thiophene rings is 1. The van der Waals surface area contributed by atoms with E-state index in [1.807, 2.05) is 6.92 Å². The molecule has 1 N–H and O–H groups in total. The van der Waals surface area contributed by atoms with Crippen molar-refractivity contribution in [3.05, 3.63) is 21.9 Å². The minimum absolute atomic E-state index is 0.0414. The van der Waals surface area contributed by atoms with Crippen molar-refractivity contribution in [2.24, 2.45) is 5.41 Å². The van der Waals surface area contributed by atoms with Crippen molar-refractivity contribution in [3.8, 4) is 0 Å². The van der Waals surface area contributed by atoms with E-state index in [4.69, 9.17) is 4.74 Å². The fraction of sp³-hybridized carbons (Fsp3) is 0.733. The van der Waals surface area contributed by atoms with Gasteiger partial charge in [-0.3, -0.25) is 0 Å². The number of rotatable bonds is 6. The molecule has 1 rings (SSSR count). The molecule has 0 radical (unpaired) electrons. The summed E-state index contributed by atoms with van der Waals surface area (Å²) in [4.78, 5) is 2.62. The summed E-state index contributed by atoms with van der Waals surface area (Å²) in [7, 11) is 0. The molecule has 2 atom stereocenters. The van der Waals surface area contributed by atoms with Crippen molar-refractivity contribution in [3.63, 3.8) is 0 Å². The van der Waals surface area contributed by atoms with Crippen molar-refractivity contribution in [2.75, 3.05) is 6.61 Å². The molecule has 2 unspecified atom stereocenters. The van der Waals surface area contributed by atoms with Crippen molar-refractivity contribution >= 4 is 11.3 Å². The monoisotopic (exact) mass is 270 g/mol. The molecule has 1 heterocycles. The van der Waals surface area contributed by atoms with Crippen molar-refractivity contribution < 1.29 is 9.84 Å². The van der Waals surface area contributed by atoms with Gasteiger partial charge in [0.2, 0.25) is 0 Å². The SMILES string of the molecule is CCOC(C(O)Cc1ccc(CC)s1)C(C)(C)C. The Morgan fingerprint density at radius 2 is 1.83 bits per heavy atom. The first-order valence-corrected chi connectivity index (χ1v) is 7.57. The normalized spacial score (nSPS) is 15.7. The summed E-state index contributed by atoms with van der Waals surface area (Å²) >= 11 is 1.79. The van der Waals surface area contributed by atoms with Gasteiger partial charge in [-0.2, -0.15) is 0 Å². The van der Waals surface area contributed by atoms with Crippen LogP contribution in [0.1, 0.15) is 44.4 Å². The first-order valence-electron chi connectivity index (χ1n) is 6.75. The highest BCUT2D eigenvalue weighted by Gasteiger charge is 2.32. The second kappa shape index (κ2) is 6.69. The van der Waals surface area contributed by atoms with E-state index in [9.17, 15) is 5.11 Å². The molecule has 0 aliphatic carbocycles. The largest absolute Gasteiger partial charge is 0.390 e. The van der Waals surface area contributed by atoms with Crippen molar-refractivity contribution in [2.45, 2.75) is 59.7 Å². The van der Waals surface area contributed by atoms with Gasteiger partial charge in [-0.15, -0.1) is 11.3 Å². The van der Waals surface area contributed by atoms with Crippen LogP contribution < -0.4 is 0 Å². The Hall–Kier alpha value is -0.380. The molecule has 0 amide bonds. The maximum absolute atomic E-state index is 10.4. The molecule has 0 aromatic carbocycles. The molecule has 0 spiro atoms. The van der Waals surface area contributed by atoms with Crippen LogP contribution in [0, 0.1) is 5.41 Å². The molecule has 104 valence electrons. The molecule has 0 aliphatic rings. The topological polar surface area (TPSA) is 29.5 Å². The van der Waals surface area contributed by atoms with Crippen LogP contribution in [0.5, 0.6) is 0 Å². The molecule has 1 aromatic rings. The third-order valence-corrected chi connectivity index (χ3v) is 4.28. The molecule has 0 saturated carbocycles. The molecular weight excluding hydrogens is 244 g/mol. The van der Waals surface area contributed by atoms with E-state index in [-0.39, 0.29) is 11.5 Å². The third-order valence-electron chi connectivity index (χ3n) is 3.03. The van der Waals surface area contributed by atoms with E-state index < -0.39 is 6.10 Å². The van der Waals surface area contributed by atoms with Crippen molar-refractivity contribution in [1.82, 2.24) is 0 Å². The predicted octanol–water partition coefficient (Wildman–Crippen LogP) is 3.67. The Kier molecular flexibility index (Phi) is 5.83. The molecule has 1 aromatic heterocycles. The second-order valence-corrected chi connectivity index (χ2v) is 6.99. The Balaban J connectivity index is 2.69. The van der Waals surface area contributed by atoms with Gasteiger partial charge in [0.05, 0.1) is 12.2 Å². The molecular formula is C15H26O2S. The smallest absolute Gasteiger partial charge is 0.0885 e. The van der Waals surface area contributed by atoms with Crippen LogP contribution in [0.4, 0.5) is 0 Å². The molecule has 0 fully saturated rings. The fourth-order valence-electron chi connectivity index (χ4n) is 2.15. The fourth-order valence-corrected chi connectivity index (χ4v) is 3.16. The highest BCUT2D eigenvalue weighted by Crippen LogP contribution is 2.28. The van der Waals surface area contributed by atoms with E-state index in [2.05, 4.69) is 39.8 Å². The lowest BCUT2D eigenvalue weighted by Gasteiger charge is -2.34. The van der Waals surface area contributed by atoms with Crippen LogP contribution in [0.3, 0.4) is 0 Å². The van der Waals surface area contributed by atoms with Gasteiger partial charge >= 0.3 is 0 Å². The summed E-state index contributed by atoms with van der Waals surface area (Å²) in [5.41, 5.74) is -0.0414. The zero-order valence-electron chi connectivity index (χ0n) is 12.2. The van der Waals surface area contributed by atoms with Gasteiger partial charge in [0.15, 0.2) is 0 Å². The lowest BCUT2D eigenvalue weighted by Crippen LogP contribution is -2.41. The predicted molar refractivity (Wildman–Crippen MR) is 78.3 cm³/mol. The van der Waals surface area contributed by atoms with Gasteiger partial charge in [-0.1, -0.05) is 27.7 Å². The highest BCUT2D eigenvalue weighted by atomic mass is 32.1. The number of aryl methyl sites for hydroxylation is 1. The summed E-state index contributed by atoms with van der Waals surface area (Å²) in [5.74, 6) is 0. The number of aliphatic hydroxyl groups excluding tert-OH is 1. The van der Waals surface area contributed by atoms with Crippen LogP contribution >= 0.6 is 11.3 Å². The summed E-state index contributed by atoms with van der Waals surface area (Å²) < 4.78 is 5.73. The van der Waals surface area contributed by atoms with E-state index in [0.717, 1.165) is 6.42 Å². The standard InChI is InChI=1S/C15H26O2S/c1-6-11-8-9-12(18-11)10-13(16)14(17-7-2)15(3,4)5/h8-9,13-14,16H,6-7,10H2,1-5H3. The van der Waals surface area contributed by atoms with E-state index in [1.54, 1.807) is 11.3 Å². The second-order valence-electron chi connectivity index (χ2n) is 5.74. The van der Waals surface area contributed by atoms with Gasteiger partial charge < -0.3 is 9.84 Å². The Morgan fingerprint density at radius 3 is 2.28 bits per heavy atom. The van der Waals surface area contributed by atoms with Gasteiger partial charge in [-0.25, -0.2) is 0 Å². The lowest BCUT2D eigenvalue weighted by atomic mass is 9.84. The van der Waals surface area contributed by atoms with Crippen LogP contribution in [0.25, 0.3) is 0 Å². The molecule has 18 heavy (non-hydrogen) atoms. The maximum Gasteiger partial charge on any atom is 0.0885 e. The van der Waals surface area contributed by atoms with E-state index in [0.29, 0.717) is 13.0 Å². The molecule has 0 bridgehead atoms. The van der Waals surface area contributed by atoms with Crippen LogP contribution in [0.2, 0.25) is 0 Å². The molecule has 0 aliphatic heterocycles. The zero-order valence-corrected chi connectivity index (χ0v) is 13.0. The Morgan fingerprint density at radius 1 is 1.22 bits per heavy atom. The van der Waals surface area contributed by atoms with Gasteiger partial charge in [0.1, 0.15) is 0 Å². The van der Waals surface area contributed by atoms with Crippen LogP contribution in [-0.4, -0.2) is 23.9 Å². The summed E-state index contributed by atoms with van der Waals surface area (Å²) in [6, 6.07) is 4.28. The Labute approximate surface area is 115 Å². The average Bonchev–Trinajstić information content (AvgIpc) is 2.71. The Bertz CT molecular complexity index is 352. The van der Waals surface area contributed by atoms with Crippen LogP contribution in [0.15, 0.2) is 12.1 Å². The lowest BCUT2D eigenvalue weighted by molar-refractivity contribution is -0.0871. The summed E-state index contributed by atoms with van der Waals surface area (Å²) in [5, 5.41) is 10.4. The minimum Gasteiger partial charge on any atom is -0.390 e. The minimum atomic E-state index is -0.437. The molecule has 3 heteroatoms. The van der Waals surface area contributed by atoms with E-state index in [1.165, 1.54) is 9.75 Å². The van der Waals surface area contributed by atoms with Crippen molar-refractivity contribution in [1.29, 1.82) is 0 Å². The number of aliphatic hydroxyl groups is 1. The highest BCUT2D eigenvalue weighted by molar-refractivity contribution is 7.11. The average molecular weight is 270 g/mol. The first kappa shape index (κ1) is 15.7. The molecule has 0 saturated heterocycles. The summed E-state index contributed by atoms with van der Waals surface area (Å²) in [6.07, 6.45) is 1.20. The third kappa shape index (κ3) is 4.38. The van der Waals surface area contributed by atoms with Crippen LogP contribution in [-0.2, 0) is 17.6 Å². The first-order chi connectivity index (χ1) is 8.38.